The molecular weight excluding hydrogens is 269 g/mol. The normalized spacial score (nSPS) is 14.0. The first-order chi connectivity index (χ1) is 9.92. The first kappa shape index (κ1) is 17.6. The van der Waals surface area contributed by atoms with Gasteiger partial charge in [-0.05, 0) is 42.4 Å². The lowest BCUT2D eigenvalue weighted by Crippen LogP contribution is -2.39. The van der Waals surface area contributed by atoms with Crippen molar-refractivity contribution in [1.82, 2.24) is 5.32 Å². The predicted octanol–water partition coefficient (Wildman–Crippen LogP) is 2.92. The lowest BCUT2D eigenvalue weighted by atomic mass is 9.96. The molecule has 0 aliphatic carbocycles. The Labute approximate surface area is 126 Å². The van der Waals surface area contributed by atoms with Crippen molar-refractivity contribution in [2.45, 2.75) is 46.1 Å². The summed E-state index contributed by atoms with van der Waals surface area (Å²) in [6, 6.07) is 6.50. The molecule has 0 aromatic heterocycles. The third-order valence-electron chi connectivity index (χ3n) is 3.60. The minimum atomic E-state index is -0.244. The molecule has 3 nitrogen and oxygen atoms in total. The first-order valence-electron chi connectivity index (χ1n) is 7.57. The van der Waals surface area contributed by atoms with E-state index in [2.05, 4.69) is 5.32 Å². The highest BCUT2D eigenvalue weighted by atomic mass is 19.1. The maximum Gasteiger partial charge on any atom is 0.220 e. The van der Waals surface area contributed by atoms with Crippen molar-refractivity contribution in [3.05, 3.63) is 35.6 Å². The van der Waals surface area contributed by atoms with Gasteiger partial charge in [-0.1, -0.05) is 32.9 Å². The first-order valence-corrected chi connectivity index (χ1v) is 7.57. The summed E-state index contributed by atoms with van der Waals surface area (Å²) in [7, 11) is 0. The molecule has 0 radical (unpaired) electrons. The van der Waals surface area contributed by atoms with Crippen molar-refractivity contribution < 1.29 is 14.3 Å². The maximum atomic E-state index is 13.1. The molecule has 1 amide bonds. The summed E-state index contributed by atoms with van der Waals surface area (Å²) in [4.78, 5) is 12.0. The van der Waals surface area contributed by atoms with Crippen LogP contribution in [0.15, 0.2) is 24.3 Å². The fourth-order valence-corrected chi connectivity index (χ4v) is 2.43. The van der Waals surface area contributed by atoms with Crippen LogP contribution in [0, 0.1) is 17.7 Å². The summed E-state index contributed by atoms with van der Waals surface area (Å²) in [5.74, 6) is 0.186. The van der Waals surface area contributed by atoms with Gasteiger partial charge in [-0.15, -0.1) is 0 Å². The third-order valence-corrected chi connectivity index (χ3v) is 3.60. The number of amides is 1. The van der Waals surface area contributed by atoms with Crippen LogP contribution in [-0.2, 0) is 11.2 Å². The van der Waals surface area contributed by atoms with Gasteiger partial charge < -0.3 is 10.4 Å². The molecule has 0 saturated carbocycles. The van der Waals surface area contributed by atoms with Crippen LogP contribution in [0.4, 0.5) is 4.39 Å². The Morgan fingerprint density at radius 3 is 2.62 bits per heavy atom. The average Bonchev–Trinajstić information content (AvgIpc) is 2.37. The van der Waals surface area contributed by atoms with Gasteiger partial charge in [-0.3, -0.25) is 4.79 Å². The number of aliphatic hydroxyl groups excluding tert-OH is 1. The van der Waals surface area contributed by atoms with Crippen molar-refractivity contribution in [1.29, 1.82) is 0 Å². The number of carbonyl (C=O) groups is 1. The molecule has 0 saturated heterocycles. The fraction of sp³-hybridized carbons (Fsp3) is 0.588. The highest BCUT2D eigenvalue weighted by Crippen LogP contribution is 2.14. The van der Waals surface area contributed by atoms with Crippen LogP contribution in [0.25, 0.3) is 0 Å². The Hall–Kier alpha value is -1.42. The van der Waals surface area contributed by atoms with E-state index in [9.17, 15) is 9.18 Å². The van der Waals surface area contributed by atoms with Crippen molar-refractivity contribution in [2.75, 3.05) is 6.61 Å². The van der Waals surface area contributed by atoms with Gasteiger partial charge in [0.1, 0.15) is 5.82 Å². The lowest BCUT2D eigenvalue weighted by molar-refractivity contribution is -0.123. The highest BCUT2D eigenvalue weighted by Gasteiger charge is 2.17. The molecule has 4 heteroatoms. The zero-order valence-electron chi connectivity index (χ0n) is 13.1. The SMILES string of the molecule is CC(CC(=O)NC(CCO)C(C)C)Cc1cccc(F)c1. The van der Waals surface area contributed by atoms with Gasteiger partial charge >= 0.3 is 0 Å². The van der Waals surface area contributed by atoms with E-state index in [0.717, 1.165) is 5.56 Å². The monoisotopic (exact) mass is 295 g/mol. The summed E-state index contributed by atoms with van der Waals surface area (Å²) in [5.41, 5.74) is 0.908. The molecule has 0 spiro atoms. The van der Waals surface area contributed by atoms with Gasteiger partial charge in [-0.25, -0.2) is 4.39 Å². The Balaban J connectivity index is 2.46. The van der Waals surface area contributed by atoms with E-state index in [0.29, 0.717) is 25.2 Å². The molecule has 2 atom stereocenters. The number of hydrogen-bond acceptors (Lipinski definition) is 2. The number of rotatable bonds is 8. The van der Waals surface area contributed by atoms with E-state index in [1.54, 1.807) is 6.07 Å². The Kier molecular flexibility index (Phi) is 7.37. The number of halogens is 1. The van der Waals surface area contributed by atoms with E-state index >= 15 is 0 Å². The number of carbonyl (C=O) groups excluding carboxylic acids is 1. The smallest absolute Gasteiger partial charge is 0.220 e. The highest BCUT2D eigenvalue weighted by molar-refractivity contribution is 5.76. The van der Waals surface area contributed by atoms with E-state index in [-0.39, 0.29) is 30.3 Å². The van der Waals surface area contributed by atoms with Crippen LogP contribution < -0.4 is 5.32 Å². The summed E-state index contributed by atoms with van der Waals surface area (Å²) in [5, 5.41) is 12.0. The second kappa shape index (κ2) is 8.78. The van der Waals surface area contributed by atoms with Gasteiger partial charge in [-0.2, -0.15) is 0 Å². The Morgan fingerprint density at radius 2 is 2.05 bits per heavy atom. The molecule has 2 N–H and O–H groups in total. The number of benzene rings is 1. The number of nitrogens with one attached hydrogen (secondary N) is 1. The van der Waals surface area contributed by atoms with E-state index < -0.39 is 0 Å². The molecule has 0 aliphatic rings. The van der Waals surface area contributed by atoms with Crippen LogP contribution >= 0.6 is 0 Å². The van der Waals surface area contributed by atoms with E-state index in [1.807, 2.05) is 26.8 Å². The molecule has 21 heavy (non-hydrogen) atoms. The van der Waals surface area contributed by atoms with Gasteiger partial charge in [0.25, 0.3) is 0 Å². The number of hydrogen-bond donors (Lipinski definition) is 2. The molecule has 1 rings (SSSR count). The molecule has 118 valence electrons. The van der Waals surface area contributed by atoms with E-state index in [1.165, 1.54) is 12.1 Å². The maximum absolute atomic E-state index is 13.1. The molecule has 2 unspecified atom stereocenters. The average molecular weight is 295 g/mol. The summed E-state index contributed by atoms with van der Waals surface area (Å²) in [6.07, 6.45) is 1.66. The topological polar surface area (TPSA) is 49.3 Å². The van der Waals surface area contributed by atoms with Crippen molar-refractivity contribution >= 4 is 5.91 Å². The second-order valence-electron chi connectivity index (χ2n) is 6.07. The standard InChI is InChI=1S/C17H26FNO2/c1-12(2)16(7-8-20)19-17(21)10-13(3)9-14-5-4-6-15(18)11-14/h4-6,11-13,16,20H,7-10H2,1-3H3,(H,19,21). The lowest BCUT2D eigenvalue weighted by Gasteiger charge is -2.22. The van der Waals surface area contributed by atoms with Crippen molar-refractivity contribution in [3.63, 3.8) is 0 Å². The molecule has 0 aliphatic heterocycles. The van der Waals surface area contributed by atoms with Crippen LogP contribution in [0.1, 0.15) is 39.2 Å². The fourth-order valence-electron chi connectivity index (χ4n) is 2.43. The summed E-state index contributed by atoms with van der Waals surface area (Å²) >= 11 is 0. The van der Waals surface area contributed by atoms with Gasteiger partial charge in [0.05, 0.1) is 0 Å². The van der Waals surface area contributed by atoms with Gasteiger partial charge in [0.15, 0.2) is 0 Å². The van der Waals surface area contributed by atoms with Crippen molar-refractivity contribution in [3.8, 4) is 0 Å². The van der Waals surface area contributed by atoms with Crippen LogP contribution in [-0.4, -0.2) is 23.7 Å². The molecule has 1 aromatic rings. The molecule has 0 fully saturated rings. The Morgan fingerprint density at radius 1 is 1.33 bits per heavy atom. The van der Waals surface area contributed by atoms with Gasteiger partial charge in [0, 0.05) is 19.1 Å². The zero-order valence-corrected chi connectivity index (χ0v) is 13.1. The molecule has 0 bridgehead atoms. The molecule has 1 aromatic carbocycles. The van der Waals surface area contributed by atoms with Crippen LogP contribution in [0.5, 0.6) is 0 Å². The molecule has 0 heterocycles. The quantitative estimate of drug-likeness (QED) is 0.774. The largest absolute Gasteiger partial charge is 0.396 e. The van der Waals surface area contributed by atoms with Crippen molar-refractivity contribution in [2.24, 2.45) is 11.8 Å². The predicted molar refractivity (Wildman–Crippen MR) is 82.4 cm³/mol. The van der Waals surface area contributed by atoms with Crippen LogP contribution in [0.3, 0.4) is 0 Å². The number of aliphatic hydroxyl groups is 1. The van der Waals surface area contributed by atoms with Gasteiger partial charge in [0.2, 0.25) is 5.91 Å². The van der Waals surface area contributed by atoms with Crippen LogP contribution in [0.2, 0.25) is 0 Å². The minimum Gasteiger partial charge on any atom is -0.396 e. The second-order valence-corrected chi connectivity index (χ2v) is 6.07. The summed E-state index contributed by atoms with van der Waals surface area (Å²) in [6.45, 7) is 6.11. The van der Waals surface area contributed by atoms with E-state index in [4.69, 9.17) is 5.11 Å². The third kappa shape index (κ3) is 6.71. The zero-order chi connectivity index (χ0) is 15.8. The summed E-state index contributed by atoms with van der Waals surface area (Å²) < 4.78 is 13.1. The minimum absolute atomic E-state index is 0.00358. The molecular formula is C17H26FNO2. The Bertz CT molecular complexity index is 448.